The van der Waals surface area contributed by atoms with Crippen LogP contribution in [0.2, 0.25) is 0 Å². The predicted molar refractivity (Wildman–Crippen MR) is 87.6 cm³/mol. The van der Waals surface area contributed by atoms with Gasteiger partial charge in [0.2, 0.25) is 0 Å². The highest BCUT2D eigenvalue weighted by Crippen LogP contribution is 2.36. The van der Waals surface area contributed by atoms with Gasteiger partial charge in [-0.1, -0.05) is 18.2 Å². The number of halogens is 2. The van der Waals surface area contributed by atoms with Crippen molar-refractivity contribution in [2.75, 3.05) is 27.4 Å². The number of hydrogen-bond donors (Lipinski definition) is 1. The van der Waals surface area contributed by atoms with Crippen LogP contribution in [-0.4, -0.2) is 50.9 Å². The van der Waals surface area contributed by atoms with Crippen LogP contribution in [0.15, 0.2) is 35.5 Å². The molecule has 0 radical (unpaired) electrons. The number of para-hydroxylation sites is 1. The fourth-order valence-corrected chi connectivity index (χ4v) is 2.76. The second kappa shape index (κ2) is 8.61. The van der Waals surface area contributed by atoms with Crippen molar-refractivity contribution in [3.05, 3.63) is 41.1 Å². The van der Waals surface area contributed by atoms with Gasteiger partial charge in [0, 0.05) is 18.4 Å². The summed E-state index contributed by atoms with van der Waals surface area (Å²) in [5.41, 5.74) is 0.718. The van der Waals surface area contributed by atoms with Crippen molar-refractivity contribution in [1.82, 2.24) is 10.2 Å². The van der Waals surface area contributed by atoms with Crippen LogP contribution < -0.4 is 10.1 Å². The molecule has 0 aromatic heterocycles. The summed E-state index contributed by atoms with van der Waals surface area (Å²) in [7, 11) is 2.69. The fraction of sp³-hybridized carbons (Fsp3) is 0.412. The largest absolute Gasteiger partial charge is 0.466 e. The van der Waals surface area contributed by atoms with Crippen molar-refractivity contribution in [2.45, 2.75) is 19.6 Å². The van der Waals surface area contributed by atoms with Crippen LogP contribution in [0.5, 0.6) is 5.75 Å². The first-order valence-electron chi connectivity index (χ1n) is 7.80. The van der Waals surface area contributed by atoms with Crippen molar-refractivity contribution < 1.29 is 32.6 Å². The molecule has 1 aliphatic rings. The molecule has 0 fully saturated rings. The number of nitrogens with one attached hydrogen (secondary N) is 1. The summed E-state index contributed by atoms with van der Waals surface area (Å²) < 4.78 is 39.7. The first kappa shape index (κ1) is 19.6. The minimum absolute atomic E-state index is 0.132. The van der Waals surface area contributed by atoms with Gasteiger partial charge < -0.3 is 19.5 Å². The molecule has 1 N–H and O–H groups in total. The Labute approximate surface area is 149 Å². The van der Waals surface area contributed by atoms with Crippen molar-refractivity contribution >= 4 is 12.0 Å². The van der Waals surface area contributed by atoms with Gasteiger partial charge in [0.15, 0.2) is 0 Å². The summed E-state index contributed by atoms with van der Waals surface area (Å²) in [5, 5.41) is 2.65. The Hall–Kier alpha value is -2.68. The van der Waals surface area contributed by atoms with Crippen LogP contribution in [-0.2, 0) is 14.3 Å². The molecule has 2 rings (SSSR count). The van der Waals surface area contributed by atoms with Crippen LogP contribution in [0.4, 0.5) is 13.6 Å². The van der Waals surface area contributed by atoms with Crippen molar-refractivity contribution in [3.63, 3.8) is 0 Å². The van der Waals surface area contributed by atoms with E-state index in [0.29, 0.717) is 5.70 Å². The first-order chi connectivity index (χ1) is 12.4. The van der Waals surface area contributed by atoms with E-state index in [1.165, 1.54) is 37.3 Å². The standard InChI is InChI=1S/C17H20F2N2O5/c1-10-13(15(22)25-3)14(20-17(23)21(10)8-9-24-2)11-6-4-5-7-12(11)26-16(18)19/h4-7,14,16H,8-9H2,1-3H3,(H,20,23)/t14-/m1/s1. The number of urea groups is 1. The third-order valence-electron chi connectivity index (χ3n) is 3.97. The molecular weight excluding hydrogens is 350 g/mol. The normalized spacial score (nSPS) is 17.4. The lowest BCUT2D eigenvalue weighted by molar-refractivity contribution is -0.136. The Morgan fingerprint density at radius 2 is 2.00 bits per heavy atom. The molecule has 1 aromatic rings. The molecule has 142 valence electrons. The number of methoxy groups -OCH3 is 2. The van der Waals surface area contributed by atoms with Gasteiger partial charge in [-0.15, -0.1) is 0 Å². The number of allylic oxidation sites excluding steroid dienone is 1. The van der Waals surface area contributed by atoms with Gasteiger partial charge in [0.05, 0.1) is 31.9 Å². The number of amides is 2. The summed E-state index contributed by atoms with van der Waals surface area (Å²) in [5.74, 6) is -0.811. The molecule has 2 amide bonds. The van der Waals surface area contributed by atoms with Crippen LogP contribution in [0.1, 0.15) is 18.5 Å². The van der Waals surface area contributed by atoms with E-state index in [2.05, 4.69) is 10.1 Å². The van der Waals surface area contributed by atoms with E-state index in [1.807, 2.05) is 0 Å². The van der Waals surface area contributed by atoms with Crippen LogP contribution in [0, 0.1) is 0 Å². The minimum atomic E-state index is -3.04. The van der Waals surface area contributed by atoms with E-state index < -0.39 is 24.7 Å². The van der Waals surface area contributed by atoms with Gasteiger partial charge in [-0.25, -0.2) is 9.59 Å². The van der Waals surface area contributed by atoms with Gasteiger partial charge in [0.1, 0.15) is 5.75 Å². The number of carbonyl (C=O) groups is 2. The molecule has 7 nitrogen and oxygen atoms in total. The zero-order chi connectivity index (χ0) is 19.3. The van der Waals surface area contributed by atoms with E-state index in [9.17, 15) is 18.4 Å². The van der Waals surface area contributed by atoms with Crippen LogP contribution in [0.25, 0.3) is 0 Å². The molecule has 0 aliphatic carbocycles. The molecule has 0 spiro atoms. The highest BCUT2D eigenvalue weighted by atomic mass is 19.3. The predicted octanol–water partition coefficient (Wildman–Crippen LogP) is 2.45. The summed E-state index contributed by atoms with van der Waals surface area (Å²) >= 11 is 0. The maximum atomic E-state index is 12.7. The van der Waals surface area contributed by atoms with Crippen molar-refractivity contribution in [3.8, 4) is 5.75 Å². The topological polar surface area (TPSA) is 77.1 Å². The third kappa shape index (κ3) is 4.10. The molecule has 1 aromatic carbocycles. The molecule has 0 bridgehead atoms. The van der Waals surface area contributed by atoms with E-state index in [-0.39, 0.29) is 30.0 Å². The lowest BCUT2D eigenvalue weighted by atomic mass is 9.94. The third-order valence-corrected chi connectivity index (χ3v) is 3.97. The quantitative estimate of drug-likeness (QED) is 0.746. The summed E-state index contributed by atoms with van der Waals surface area (Å²) in [6.45, 7) is -0.976. The Morgan fingerprint density at radius 1 is 1.31 bits per heavy atom. The number of ether oxygens (including phenoxy) is 3. The molecule has 9 heteroatoms. The van der Waals surface area contributed by atoms with Crippen LogP contribution in [0.3, 0.4) is 0 Å². The number of alkyl halides is 2. The molecule has 1 atom stereocenters. The zero-order valence-electron chi connectivity index (χ0n) is 14.6. The van der Waals surface area contributed by atoms with Crippen molar-refractivity contribution in [2.24, 2.45) is 0 Å². The number of esters is 1. The molecule has 0 unspecified atom stereocenters. The number of rotatable bonds is 7. The second-order valence-electron chi connectivity index (χ2n) is 5.43. The Kier molecular flexibility index (Phi) is 6.51. The SMILES string of the molecule is COCCN1C(=O)N[C@H](c2ccccc2OC(F)F)C(C(=O)OC)=C1C. The number of hydrogen-bond acceptors (Lipinski definition) is 5. The maximum Gasteiger partial charge on any atom is 0.387 e. The van der Waals surface area contributed by atoms with Crippen LogP contribution >= 0.6 is 0 Å². The van der Waals surface area contributed by atoms with Gasteiger partial charge in [-0.05, 0) is 13.0 Å². The van der Waals surface area contributed by atoms with Gasteiger partial charge in [0.25, 0.3) is 0 Å². The summed E-state index contributed by atoms with van der Waals surface area (Å²) in [6, 6.07) is 4.50. The smallest absolute Gasteiger partial charge is 0.387 e. The monoisotopic (exact) mass is 370 g/mol. The molecule has 0 saturated carbocycles. The van der Waals surface area contributed by atoms with Crippen molar-refractivity contribution in [1.29, 1.82) is 0 Å². The Balaban J connectivity index is 2.52. The van der Waals surface area contributed by atoms with Gasteiger partial charge in [-0.3, -0.25) is 4.90 Å². The molecule has 1 heterocycles. The maximum absolute atomic E-state index is 12.7. The second-order valence-corrected chi connectivity index (χ2v) is 5.43. The Bertz CT molecular complexity index is 708. The lowest BCUT2D eigenvalue weighted by Gasteiger charge is -2.35. The fourth-order valence-electron chi connectivity index (χ4n) is 2.76. The number of benzene rings is 1. The van der Waals surface area contributed by atoms with E-state index in [0.717, 1.165) is 0 Å². The summed E-state index contributed by atoms with van der Waals surface area (Å²) in [6.07, 6.45) is 0. The van der Waals surface area contributed by atoms with E-state index >= 15 is 0 Å². The molecule has 26 heavy (non-hydrogen) atoms. The highest BCUT2D eigenvalue weighted by molar-refractivity contribution is 5.95. The Morgan fingerprint density at radius 3 is 2.62 bits per heavy atom. The minimum Gasteiger partial charge on any atom is -0.466 e. The first-order valence-corrected chi connectivity index (χ1v) is 7.80. The number of carbonyl (C=O) groups excluding carboxylic acids is 2. The summed E-state index contributed by atoms with van der Waals surface area (Å²) in [4.78, 5) is 26.1. The van der Waals surface area contributed by atoms with Gasteiger partial charge >= 0.3 is 18.6 Å². The molecular formula is C17H20F2N2O5. The van der Waals surface area contributed by atoms with E-state index in [4.69, 9.17) is 9.47 Å². The van der Waals surface area contributed by atoms with E-state index in [1.54, 1.807) is 13.0 Å². The number of nitrogens with zero attached hydrogens (tertiary/aromatic N) is 1. The molecule has 0 saturated heterocycles. The molecule has 1 aliphatic heterocycles. The zero-order valence-corrected chi connectivity index (χ0v) is 14.6. The highest BCUT2D eigenvalue weighted by Gasteiger charge is 2.37. The van der Waals surface area contributed by atoms with Gasteiger partial charge in [-0.2, -0.15) is 8.78 Å². The lowest BCUT2D eigenvalue weighted by Crippen LogP contribution is -2.49. The average Bonchev–Trinajstić information content (AvgIpc) is 2.60. The average molecular weight is 370 g/mol.